The van der Waals surface area contributed by atoms with Gasteiger partial charge in [-0.1, -0.05) is 12.1 Å². The molecule has 0 aromatic heterocycles. The van der Waals surface area contributed by atoms with Crippen LogP contribution < -0.4 is 4.18 Å². The van der Waals surface area contributed by atoms with E-state index in [-0.39, 0.29) is 29.8 Å². The summed E-state index contributed by atoms with van der Waals surface area (Å²) in [6.45, 7) is 5.42. The SMILES string of the molecule is CC(C)(C)OC(=O)N1[C@@H]2CC[C@H]1C[C@@H](c1cccc(OS(=O)(=O)C(F)(F)F)c1)C2. The number of rotatable bonds is 3. The number of ether oxygens (including phenoxy) is 1. The first kappa shape index (κ1) is 21.7. The smallest absolute Gasteiger partial charge is 0.444 e. The normalized spacial score (nSPS) is 25.0. The minimum atomic E-state index is -5.71. The zero-order chi connectivity index (χ0) is 21.6. The maximum Gasteiger partial charge on any atom is 0.534 e. The molecule has 29 heavy (non-hydrogen) atoms. The second kappa shape index (κ2) is 7.37. The van der Waals surface area contributed by atoms with Gasteiger partial charge < -0.3 is 13.8 Å². The molecule has 2 saturated heterocycles. The maximum absolute atomic E-state index is 12.6. The van der Waals surface area contributed by atoms with Crippen molar-refractivity contribution in [2.75, 3.05) is 0 Å². The molecule has 2 aliphatic rings. The first-order valence-electron chi connectivity index (χ1n) is 9.39. The molecule has 1 aromatic rings. The van der Waals surface area contributed by atoms with Crippen LogP contribution in [0.15, 0.2) is 24.3 Å². The minimum absolute atomic E-state index is 0.0108. The molecule has 0 unspecified atom stereocenters. The van der Waals surface area contributed by atoms with Gasteiger partial charge in [-0.15, -0.1) is 0 Å². The molecule has 0 aliphatic carbocycles. The average molecular weight is 435 g/mol. The molecule has 2 fully saturated rings. The van der Waals surface area contributed by atoms with E-state index >= 15 is 0 Å². The van der Waals surface area contributed by atoms with E-state index in [4.69, 9.17) is 4.74 Å². The molecule has 0 N–H and O–H groups in total. The van der Waals surface area contributed by atoms with Crippen LogP contribution >= 0.6 is 0 Å². The van der Waals surface area contributed by atoms with E-state index < -0.39 is 21.2 Å². The highest BCUT2D eigenvalue weighted by atomic mass is 32.2. The van der Waals surface area contributed by atoms with E-state index in [1.165, 1.54) is 18.2 Å². The fourth-order valence-corrected chi connectivity index (χ4v) is 4.51. The number of amides is 1. The highest BCUT2D eigenvalue weighted by Crippen LogP contribution is 2.44. The molecule has 0 saturated carbocycles. The van der Waals surface area contributed by atoms with Crippen molar-refractivity contribution in [3.8, 4) is 5.75 Å². The van der Waals surface area contributed by atoms with Crippen LogP contribution in [-0.4, -0.2) is 42.6 Å². The second-order valence-electron chi connectivity index (χ2n) is 8.50. The van der Waals surface area contributed by atoms with Crippen molar-refractivity contribution in [3.05, 3.63) is 29.8 Å². The Morgan fingerprint density at radius 1 is 1.10 bits per heavy atom. The lowest BCUT2D eigenvalue weighted by atomic mass is 9.85. The van der Waals surface area contributed by atoms with Crippen LogP contribution in [0.3, 0.4) is 0 Å². The number of hydrogen-bond acceptors (Lipinski definition) is 5. The summed E-state index contributed by atoms with van der Waals surface area (Å²) in [5.41, 5.74) is -5.38. The Hall–Kier alpha value is -1.97. The zero-order valence-electron chi connectivity index (χ0n) is 16.4. The van der Waals surface area contributed by atoms with Crippen LogP contribution in [0.2, 0.25) is 0 Å². The fraction of sp³-hybridized carbons (Fsp3) is 0.632. The molecule has 3 atom stereocenters. The van der Waals surface area contributed by atoms with Gasteiger partial charge >= 0.3 is 21.7 Å². The first-order chi connectivity index (χ1) is 13.3. The summed E-state index contributed by atoms with van der Waals surface area (Å²) in [7, 11) is -5.71. The fourth-order valence-electron chi connectivity index (χ4n) is 4.06. The molecule has 162 valence electrons. The number of fused-ring (bicyclic) bond motifs is 2. The third kappa shape index (κ3) is 4.79. The van der Waals surface area contributed by atoms with Gasteiger partial charge in [0.15, 0.2) is 0 Å². The van der Waals surface area contributed by atoms with Crippen LogP contribution in [0.4, 0.5) is 18.0 Å². The topological polar surface area (TPSA) is 72.9 Å². The molecule has 2 heterocycles. The Labute approximate surface area is 168 Å². The third-order valence-corrected chi connectivity index (χ3v) is 6.14. The standard InChI is InChI=1S/C19H24F3NO5S/c1-18(2,3)27-17(24)23-14-7-8-15(23)10-13(9-14)12-5-4-6-16(11-12)28-29(25,26)19(20,21)22/h4-6,11,13-15H,7-10H2,1-3H3/t13-,14+,15-. The van der Waals surface area contributed by atoms with Crippen LogP contribution in [0.1, 0.15) is 57.9 Å². The average Bonchev–Trinajstić information content (AvgIpc) is 2.82. The summed E-state index contributed by atoms with van der Waals surface area (Å²) in [5, 5.41) is 0. The van der Waals surface area contributed by atoms with Crippen LogP contribution in [0.25, 0.3) is 0 Å². The number of nitrogens with zero attached hydrogens (tertiary/aromatic N) is 1. The Balaban J connectivity index is 1.74. The molecule has 0 radical (unpaired) electrons. The molecule has 1 aromatic carbocycles. The predicted octanol–water partition coefficient (Wildman–Crippen LogP) is 4.56. The molecule has 3 rings (SSSR count). The van der Waals surface area contributed by atoms with Crippen molar-refractivity contribution in [2.45, 2.75) is 75.6 Å². The number of alkyl halides is 3. The van der Waals surface area contributed by atoms with E-state index in [1.807, 2.05) is 0 Å². The zero-order valence-corrected chi connectivity index (χ0v) is 17.2. The van der Waals surface area contributed by atoms with Crippen LogP contribution in [0.5, 0.6) is 5.75 Å². The van der Waals surface area contributed by atoms with Gasteiger partial charge in [-0.05, 0) is 70.1 Å². The van der Waals surface area contributed by atoms with E-state index in [0.29, 0.717) is 18.4 Å². The number of hydrogen-bond donors (Lipinski definition) is 0. The summed E-state index contributed by atoms with van der Waals surface area (Å²) in [4.78, 5) is 14.3. The van der Waals surface area contributed by atoms with Gasteiger partial charge in [-0.3, -0.25) is 0 Å². The molecular formula is C19H24F3NO5S. The Bertz CT molecular complexity index is 865. The number of halogens is 3. The van der Waals surface area contributed by atoms with Crippen molar-refractivity contribution in [1.82, 2.24) is 4.90 Å². The van der Waals surface area contributed by atoms with Crippen molar-refractivity contribution in [2.24, 2.45) is 0 Å². The summed E-state index contributed by atoms with van der Waals surface area (Å²) < 4.78 is 69.9. The summed E-state index contributed by atoms with van der Waals surface area (Å²) in [6, 6.07) is 5.68. The predicted molar refractivity (Wildman–Crippen MR) is 98.9 cm³/mol. The summed E-state index contributed by atoms with van der Waals surface area (Å²) in [6.07, 6.45) is 2.57. The summed E-state index contributed by atoms with van der Waals surface area (Å²) >= 11 is 0. The van der Waals surface area contributed by atoms with Crippen molar-refractivity contribution in [1.29, 1.82) is 0 Å². The van der Waals surface area contributed by atoms with Crippen molar-refractivity contribution >= 4 is 16.2 Å². The molecule has 10 heteroatoms. The summed E-state index contributed by atoms with van der Waals surface area (Å²) in [5.74, 6) is -0.384. The van der Waals surface area contributed by atoms with Crippen LogP contribution in [0, 0.1) is 0 Å². The lowest BCUT2D eigenvalue weighted by Crippen LogP contribution is -2.48. The molecule has 1 amide bonds. The molecule has 2 bridgehead atoms. The van der Waals surface area contributed by atoms with Crippen molar-refractivity contribution in [3.63, 3.8) is 0 Å². The number of carbonyl (C=O) groups excluding carboxylic acids is 1. The molecule has 0 spiro atoms. The van der Waals surface area contributed by atoms with Crippen molar-refractivity contribution < 1.29 is 35.3 Å². The van der Waals surface area contributed by atoms with Crippen LogP contribution in [-0.2, 0) is 14.9 Å². The van der Waals surface area contributed by atoms with Gasteiger partial charge in [0.05, 0.1) is 0 Å². The van der Waals surface area contributed by atoms with Gasteiger partial charge in [0.2, 0.25) is 0 Å². The van der Waals surface area contributed by atoms with Gasteiger partial charge in [0.25, 0.3) is 0 Å². The monoisotopic (exact) mass is 435 g/mol. The molecule has 2 aliphatic heterocycles. The Kier molecular flexibility index (Phi) is 5.53. The van der Waals surface area contributed by atoms with E-state index in [1.54, 1.807) is 31.7 Å². The Morgan fingerprint density at radius 3 is 2.21 bits per heavy atom. The van der Waals surface area contributed by atoms with E-state index in [2.05, 4.69) is 4.18 Å². The number of piperidine rings is 1. The van der Waals surface area contributed by atoms with E-state index in [9.17, 15) is 26.4 Å². The largest absolute Gasteiger partial charge is 0.534 e. The lowest BCUT2D eigenvalue weighted by molar-refractivity contribution is -0.0500. The molecule has 6 nitrogen and oxygen atoms in total. The van der Waals surface area contributed by atoms with Gasteiger partial charge in [-0.25, -0.2) is 4.79 Å². The van der Waals surface area contributed by atoms with Gasteiger partial charge in [0, 0.05) is 12.1 Å². The number of carbonyl (C=O) groups is 1. The minimum Gasteiger partial charge on any atom is -0.444 e. The Morgan fingerprint density at radius 2 is 1.69 bits per heavy atom. The van der Waals surface area contributed by atoms with Gasteiger partial charge in [-0.2, -0.15) is 21.6 Å². The van der Waals surface area contributed by atoms with Gasteiger partial charge in [0.1, 0.15) is 11.4 Å². The number of benzene rings is 1. The van der Waals surface area contributed by atoms with E-state index in [0.717, 1.165) is 12.8 Å². The lowest BCUT2D eigenvalue weighted by Gasteiger charge is -2.39. The quantitative estimate of drug-likeness (QED) is 0.514. The second-order valence-corrected chi connectivity index (χ2v) is 10.0. The highest BCUT2D eigenvalue weighted by Gasteiger charge is 2.49. The maximum atomic E-state index is 12.6. The third-order valence-electron chi connectivity index (χ3n) is 5.16. The first-order valence-corrected chi connectivity index (χ1v) is 10.8. The molecular weight excluding hydrogens is 411 g/mol. The highest BCUT2D eigenvalue weighted by molar-refractivity contribution is 7.88.